The van der Waals surface area contributed by atoms with E-state index < -0.39 is 5.91 Å². The third-order valence-electron chi connectivity index (χ3n) is 3.03. The Bertz CT molecular complexity index is 731. The molecular weight excluding hydrogens is 312 g/mol. The number of nitrogens with zero attached hydrogens (tertiary/aromatic N) is 1. The fourth-order valence-electron chi connectivity index (χ4n) is 1.87. The quantitative estimate of drug-likeness (QED) is 0.598. The normalized spacial score (nSPS) is 10.4. The Morgan fingerprint density at radius 1 is 1.12 bits per heavy atom. The average molecular weight is 330 g/mol. The van der Waals surface area contributed by atoms with E-state index in [9.17, 15) is 9.90 Å². The molecule has 0 aliphatic heterocycles. The molecule has 0 atom stereocenters. The van der Waals surface area contributed by atoms with Gasteiger partial charge in [-0.3, -0.25) is 4.79 Å². The summed E-state index contributed by atoms with van der Waals surface area (Å²) in [5.74, 6) is 0.962. The van der Waals surface area contributed by atoms with Crippen LogP contribution < -0.4 is 19.6 Å². The second kappa shape index (κ2) is 8.42. The SMILES string of the molecule is COc1cc(/C=N/NC(=O)COc2ccccc2OC)ccc1O. The van der Waals surface area contributed by atoms with E-state index in [4.69, 9.17) is 14.2 Å². The number of hydrazone groups is 1. The number of benzene rings is 2. The highest BCUT2D eigenvalue weighted by Gasteiger charge is 2.06. The molecule has 0 aliphatic rings. The Morgan fingerprint density at radius 2 is 1.83 bits per heavy atom. The van der Waals surface area contributed by atoms with E-state index in [0.717, 1.165) is 0 Å². The monoisotopic (exact) mass is 330 g/mol. The summed E-state index contributed by atoms with van der Waals surface area (Å²) in [5.41, 5.74) is 3.01. The summed E-state index contributed by atoms with van der Waals surface area (Å²) in [6.07, 6.45) is 1.43. The van der Waals surface area contributed by atoms with E-state index in [-0.39, 0.29) is 12.4 Å². The van der Waals surface area contributed by atoms with Gasteiger partial charge in [-0.25, -0.2) is 5.43 Å². The number of para-hydroxylation sites is 2. The van der Waals surface area contributed by atoms with Crippen LogP contribution in [-0.4, -0.2) is 38.1 Å². The predicted octanol–water partition coefficient (Wildman–Crippen LogP) is 1.94. The van der Waals surface area contributed by atoms with Crippen molar-refractivity contribution in [3.63, 3.8) is 0 Å². The van der Waals surface area contributed by atoms with Crippen LogP contribution in [0.3, 0.4) is 0 Å². The molecule has 2 N–H and O–H groups in total. The molecule has 0 fully saturated rings. The fraction of sp³-hybridized carbons (Fsp3) is 0.176. The van der Waals surface area contributed by atoms with Crippen molar-refractivity contribution >= 4 is 12.1 Å². The Morgan fingerprint density at radius 3 is 2.54 bits per heavy atom. The molecule has 2 aromatic rings. The third-order valence-corrected chi connectivity index (χ3v) is 3.03. The lowest BCUT2D eigenvalue weighted by Crippen LogP contribution is -2.24. The molecule has 24 heavy (non-hydrogen) atoms. The maximum Gasteiger partial charge on any atom is 0.277 e. The van der Waals surface area contributed by atoms with Gasteiger partial charge in [0.05, 0.1) is 20.4 Å². The summed E-state index contributed by atoms with van der Waals surface area (Å²) in [7, 11) is 2.98. The number of carbonyl (C=O) groups excluding carboxylic acids is 1. The van der Waals surface area contributed by atoms with Crippen molar-refractivity contribution < 1.29 is 24.1 Å². The van der Waals surface area contributed by atoms with E-state index in [0.29, 0.717) is 22.8 Å². The van der Waals surface area contributed by atoms with Gasteiger partial charge in [-0.15, -0.1) is 0 Å². The maximum absolute atomic E-state index is 11.7. The first-order valence-corrected chi connectivity index (χ1v) is 7.08. The highest BCUT2D eigenvalue weighted by atomic mass is 16.5. The molecule has 0 aromatic heterocycles. The van der Waals surface area contributed by atoms with Gasteiger partial charge in [-0.1, -0.05) is 12.1 Å². The van der Waals surface area contributed by atoms with Gasteiger partial charge in [-0.2, -0.15) is 5.10 Å². The van der Waals surface area contributed by atoms with Crippen molar-refractivity contribution in [2.75, 3.05) is 20.8 Å². The average Bonchev–Trinajstić information content (AvgIpc) is 2.61. The van der Waals surface area contributed by atoms with Crippen LogP contribution in [0.2, 0.25) is 0 Å². The molecule has 0 radical (unpaired) electrons. The summed E-state index contributed by atoms with van der Waals surface area (Å²) < 4.78 is 15.5. The van der Waals surface area contributed by atoms with Crippen LogP contribution in [0, 0.1) is 0 Å². The summed E-state index contributed by atoms with van der Waals surface area (Å²) >= 11 is 0. The zero-order valence-corrected chi connectivity index (χ0v) is 13.4. The number of rotatable bonds is 7. The minimum Gasteiger partial charge on any atom is -0.504 e. The number of phenolic OH excluding ortho intramolecular Hbond substituents is 1. The topological polar surface area (TPSA) is 89.4 Å². The first kappa shape index (κ1) is 17.1. The van der Waals surface area contributed by atoms with E-state index in [2.05, 4.69) is 10.5 Å². The molecule has 0 spiro atoms. The van der Waals surface area contributed by atoms with Gasteiger partial charge < -0.3 is 19.3 Å². The lowest BCUT2D eigenvalue weighted by Gasteiger charge is -2.09. The zero-order valence-electron chi connectivity index (χ0n) is 13.4. The molecule has 126 valence electrons. The van der Waals surface area contributed by atoms with Crippen LogP contribution in [-0.2, 0) is 4.79 Å². The summed E-state index contributed by atoms with van der Waals surface area (Å²) in [4.78, 5) is 11.7. The molecular formula is C17H18N2O5. The van der Waals surface area contributed by atoms with Gasteiger partial charge in [0.1, 0.15) is 0 Å². The van der Waals surface area contributed by atoms with E-state index in [1.165, 1.54) is 26.5 Å². The summed E-state index contributed by atoms with van der Waals surface area (Å²) in [5, 5.41) is 13.3. The van der Waals surface area contributed by atoms with Crippen LogP contribution >= 0.6 is 0 Å². The highest BCUT2D eigenvalue weighted by molar-refractivity contribution is 5.83. The molecule has 0 aliphatic carbocycles. The first-order chi connectivity index (χ1) is 11.6. The third kappa shape index (κ3) is 4.64. The number of hydrogen-bond donors (Lipinski definition) is 2. The van der Waals surface area contributed by atoms with E-state index in [1.807, 2.05) is 6.07 Å². The van der Waals surface area contributed by atoms with E-state index in [1.54, 1.807) is 30.3 Å². The Labute approximate surface area is 139 Å². The lowest BCUT2D eigenvalue weighted by atomic mass is 10.2. The molecule has 0 heterocycles. The molecule has 0 saturated heterocycles. The summed E-state index contributed by atoms with van der Waals surface area (Å²) in [6.45, 7) is -0.198. The molecule has 7 nitrogen and oxygen atoms in total. The van der Waals surface area contributed by atoms with Crippen LogP contribution in [0.25, 0.3) is 0 Å². The Balaban J connectivity index is 1.87. The number of hydrogen-bond acceptors (Lipinski definition) is 6. The predicted molar refractivity (Wildman–Crippen MR) is 88.9 cm³/mol. The lowest BCUT2D eigenvalue weighted by molar-refractivity contribution is -0.123. The minimum atomic E-state index is -0.414. The molecule has 7 heteroatoms. The first-order valence-electron chi connectivity index (χ1n) is 7.08. The summed E-state index contributed by atoms with van der Waals surface area (Å²) in [6, 6.07) is 11.7. The number of phenols is 1. The van der Waals surface area contributed by atoms with Crippen molar-refractivity contribution in [3.8, 4) is 23.0 Å². The van der Waals surface area contributed by atoms with Gasteiger partial charge in [-0.05, 0) is 35.9 Å². The van der Waals surface area contributed by atoms with Gasteiger partial charge in [0, 0.05) is 0 Å². The number of methoxy groups -OCH3 is 2. The number of amides is 1. The van der Waals surface area contributed by atoms with Gasteiger partial charge in [0.15, 0.2) is 29.6 Å². The molecule has 1 amide bonds. The molecule has 0 unspecified atom stereocenters. The smallest absolute Gasteiger partial charge is 0.277 e. The molecule has 2 aromatic carbocycles. The standard InChI is InChI=1S/C17H18N2O5/c1-22-14-5-3-4-6-15(14)24-11-17(21)19-18-10-12-7-8-13(20)16(9-12)23-2/h3-10,20H,11H2,1-2H3,(H,19,21)/b18-10+. The van der Waals surface area contributed by atoms with E-state index >= 15 is 0 Å². The number of ether oxygens (including phenoxy) is 3. The fourth-order valence-corrected chi connectivity index (χ4v) is 1.87. The van der Waals surface area contributed by atoms with Gasteiger partial charge in [0.25, 0.3) is 5.91 Å². The van der Waals surface area contributed by atoms with Gasteiger partial charge in [0.2, 0.25) is 0 Å². The Kier molecular flexibility index (Phi) is 6.01. The van der Waals surface area contributed by atoms with Crippen molar-refractivity contribution in [2.24, 2.45) is 5.10 Å². The van der Waals surface area contributed by atoms with Crippen molar-refractivity contribution in [3.05, 3.63) is 48.0 Å². The van der Waals surface area contributed by atoms with Gasteiger partial charge >= 0.3 is 0 Å². The molecule has 0 saturated carbocycles. The number of aromatic hydroxyl groups is 1. The number of carbonyl (C=O) groups is 1. The maximum atomic E-state index is 11.7. The van der Waals surface area contributed by atoms with Crippen molar-refractivity contribution in [1.29, 1.82) is 0 Å². The van der Waals surface area contributed by atoms with Crippen LogP contribution in [0.15, 0.2) is 47.6 Å². The Hall–Kier alpha value is -3.22. The minimum absolute atomic E-state index is 0.0314. The zero-order chi connectivity index (χ0) is 17.4. The van der Waals surface area contributed by atoms with Crippen molar-refractivity contribution in [1.82, 2.24) is 5.43 Å². The molecule has 2 rings (SSSR count). The largest absolute Gasteiger partial charge is 0.504 e. The van der Waals surface area contributed by atoms with Crippen molar-refractivity contribution in [2.45, 2.75) is 0 Å². The highest BCUT2D eigenvalue weighted by Crippen LogP contribution is 2.26. The number of nitrogens with one attached hydrogen (secondary N) is 1. The second-order valence-corrected chi connectivity index (χ2v) is 4.66. The van der Waals surface area contributed by atoms with Crippen LogP contribution in [0.1, 0.15) is 5.56 Å². The molecule has 0 bridgehead atoms. The second-order valence-electron chi connectivity index (χ2n) is 4.66. The van der Waals surface area contributed by atoms with Crippen LogP contribution in [0.4, 0.5) is 0 Å². The van der Waals surface area contributed by atoms with Crippen LogP contribution in [0.5, 0.6) is 23.0 Å².